The van der Waals surface area contributed by atoms with Gasteiger partial charge in [-0.05, 0) is 37.4 Å². The number of rotatable bonds is 6. The first kappa shape index (κ1) is 34.5. The van der Waals surface area contributed by atoms with E-state index in [2.05, 4.69) is 32.6 Å². The van der Waals surface area contributed by atoms with Gasteiger partial charge in [-0.25, -0.2) is 43.9 Å². The molecular formula is C31H14F10N6Pt. The average Bonchev–Trinajstić information content (AvgIpc) is 3.76. The Morgan fingerprint density at radius 3 is 1.15 bits per heavy atom. The van der Waals surface area contributed by atoms with Gasteiger partial charge in [0.05, 0.1) is 11.6 Å². The largest absolute Gasteiger partial charge is 2.00 e. The van der Waals surface area contributed by atoms with Crippen LogP contribution in [0, 0.1) is 70.6 Å². The first-order valence-electron chi connectivity index (χ1n) is 13.2. The zero-order valence-electron chi connectivity index (χ0n) is 23.9. The molecule has 0 aliphatic rings. The van der Waals surface area contributed by atoms with E-state index in [1.165, 1.54) is 12.1 Å². The van der Waals surface area contributed by atoms with Crippen molar-refractivity contribution in [3.05, 3.63) is 130 Å². The van der Waals surface area contributed by atoms with Crippen molar-refractivity contribution < 1.29 is 65.0 Å². The smallest absolute Gasteiger partial charge is 0.343 e. The van der Waals surface area contributed by atoms with Crippen LogP contribution in [-0.2, 0) is 26.5 Å². The molecule has 248 valence electrons. The van der Waals surface area contributed by atoms with Gasteiger partial charge in [0.2, 0.25) is 0 Å². The third kappa shape index (κ3) is 5.57. The van der Waals surface area contributed by atoms with Gasteiger partial charge >= 0.3 is 21.1 Å². The SMILES string of the molecule is CC(C)(c1cccc(-n2[c-]cc(-c3c(F)c(F)c(F)c(F)c3F)n2)n1)c1cccc(-n2[c-]cc(-c3c(F)c(F)c(F)c(F)c3F)n2)n1.[Pt+2]. The minimum Gasteiger partial charge on any atom is -0.343 e. The van der Waals surface area contributed by atoms with Crippen LogP contribution in [0.1, 0.15) is 25.2 Å². The molecule has 4 aromatic heterocycles. The maximum absolute atomic E-state index is 14.3. The van der Waals surface area contributed by atoms with Crippen LogP contribution in [0.2, 0.25) is 0 Å². The van der Waals surface area contributed by atoms with Gasteiger partial charge in [-0.15, -0.1) is 12.1 Å². The summed E-state index contributed by atoms with van der Waals surface area (Å²) in [4.78, 5) is 9.00. The molecule has 0 aliphatic carbocycles. The molecule has 0 aliphatic heterocycles. The number of halogens is 10. The summed E-state index contributed by atoms with van der Waals surface area (Å²) >= 11 is 0. The molecule has 48 heavy (non-hydrogen) atoms. The Balaban J connectivity index is 0.00000451. The Hall–Kier alpha value is -4.85. The Kier molecular flexibility index (Phi) is 9.08. The Labute approximate surface area is 278 Å². The summed E-state index contributed by atoms with van der Waals surface area (Å²) in [5.74, 6) is -21.3. The molecule has 0 unspecified atom stereocenters. The fourth-order valence-corrected chi connectivity index (χ4v) is 4.62. The molecule has 6 rings (SSSR count). The molecule has 0 saturated carbocycles. The molecule has 6 nitrogen and oxygen atoms in total. The van der Waals surface area contributed by atoms with E-state index in [1.807, 2.05) is 0 Å². The standard InChI is InChI=1S/C31H14F10N6.Pt/c1-31(2,15-5-3-7-17(42-15)46-11-9-13(44-46)19-21(32)25(36)29(40)26(37)22(19)33)16-6-4-8-18(43-16)47-12-10-14(45-47)20-23(34)27(38)30(41)28(39)24(20)35;/h3-10H,1-2H3;/q-2;+2. The summed E-state index contributed by atoms with van der Waals surface area (Å²) in [5.41, 5.74) is -3.99. The second kappa shape index (κ2) is 12.6. The molecular weight excluding hydrogens is 841 g/mol. The fraction of sp³-hybridized carbons (Fsp3) is 0.0968. The van der Waals surface area contributed by atoms with Gasteiger partial charge in [-0.1, -0.05) is 36.7 Å². The molecule has 0 amide bonds. The first-order valence-corrected chi connectivity index (χ1v) is 13.2. The second-order valence-corrected chi connectivity index (χ2v) is 10.4. The van der Waals surface area contributed by atoms with Gasteiger partial charge in [-0.2, -0.15) is 0 Å². The number of aromatic nitrogens is 6. The zero-order valence-corrected chi connectivity index (χ0v) is 26.2. The van der Waals surface area contributed by atoms with Gasteiger partial charge < -0.3 is 9.36 Å². The Morgan fingerprint density at radius 2 is 0.812 bits per heavy atom. The molecule has 0 atom stereocenters. The predicted molar refractivity (Wildman–Crippen MR) is 143 cm³/mol. The molecule has 0 fully saturated rings. The van der Waals surface area contributed by atoms with Crippen LogP contribution >= 0.6 is 0 Å². The van der Waals surface area contributed by atoms with Crippen LogP contribution in [-0.4, -0.2) is 29.5 Å². The van der Waals surface area contributed by atoms with Crippen molar-refractivity contribution in [3.63, 3.8) is 0 Å². The van der Waals surface area contributed by atoms with Crippen molar-refractivity contribution >= 4 is 0 Å². The van der Waals surface area contributed by atoms with Crippen molar-refractivity contribution in [3.8, 4) is 34.2 Å². The maximum Gasteiger partial charge on any atom is 2.00 e. The average molecular weight is 856 g/mol. The minimum absolute atomic E-state index is 0. The Morgan fingerprint density at radius 1 is 0.500 bits per heavy atom. The van der Waals surface area contributed by atoms with E-state index in [-0.39, 0.29) is 32.7 Å². The molecule has 4 heterocycles. The summed E-state index contributed by atoms with van der Waals surface area (Å²) in [7, 11) is 0. The second-order valence-electron chi connectivity index (χ2n) is 10.4. The van der Waals surface area contributed by atoms with Crippen molar-refractivity contribution in [2.75, 3.05) is 0 Å². The van der Waals surface area contributed by atoms with E-state index < -0.39 is 86.1 Å². The molecule has 0 N–H and O–H groups in total. The molecule has 0 saturated heterocycles. The molecule has 0 spiro atoms. The van der Waals surface area contributed by atoms with E-state index in [0.717, 1.165) is 21.5 Å². The van der Waals surface area contributed by atoms with E-state index in [1.54, 1.807) is 38.1 Å². The van der Waals surface area contributed by atoms with Gasteiger partial charge in [0.15, 0.2) is 58.2 Å². The number of nitrogens with zero attached hydrogens (tertiary/aromatic N) is 6. The van der Waals surface area contributed by atoms with Gasteiger partial charge in [0, 0.05) is 27.9 Å². The summed E-state index contributed by atoms with van der Waals surface area (Å²) in [6, 6.07) is 11.0. The fourth-order valence-electron chi connectivity index (χ4n) is 4.62. The third-order valence-corrected chi connectivity index (χ3v) is 7.18. The monoisotopic (exact) mass is 855 g/mol. The van der Waals surface area contributed by atoms with E-state index in [0.29, 0.717) is 11.4 Å². The van der Waals surface area contributed by atoms with E-state index >= 15 is 0 Å². The molecule has 0 radical (unpaired) electrons. The topological polar surface area (TPSA) is 61.4 Å². The molecule has 6 aromatic rings. The number of hydrogen-bond acceptors (Lipinski definition) is 4. The van der Waals surface area contributed by atoms with Gasteiger partial charge in [0.25, 0.3) is 0 Å². The summed E-state index contributed by atoms with van der Waals surface area (Å²) < 4.78 is 141. The van der Waals surface area contributed by atoms with Crippen molar-refractivity contribution in [1.82, 2.24) is 29.5 Å². The quantitative estimate of drug-likeness (QED) is 0.0755. The molecule has 17 heteroatoms. The Bertz CT molecular complexity index is 2000. The van der Waals surface area contributed by atoms with E-state index in [4.69, 9.17) is 0 Å². The van der Waals surface area contributed by atoms with Crippen LogP contribution in [0.15, 0.2) is 48.5 Å². The van der Waals surface area contributed by atoms with Crippen LogP contribution in [0.5, 0.6) is 0 Å². The van der Waals surface area contributed by atoms with Crippen LogP contribution < -0.4 is 0 Å². The van der Waals surface area contributed by atoms with Crippen molar-refractivity contribution in [2.24, 2.45) is 0 Å². The normalized spacial score (nSPS) is 11.6. The van der Waals surface area contributed by atoms with E-state index in [9.17, 15) is 43.9 Å². The summed E-state index contributed by atoms with van der Waals surface area (Å²) in [6.45, 7) is 3.43. The van der Waals surface area contributed by atoms with Gasteiger partial charge in [-0.3, -0.25) is 20.2 Å². The number of benzene rings is 2. The van der Waals surface area contributed by atoms with Crippen LogP contribution in [0.3, 0.4) is 0 Å². The van der Waals surface area contributed by atoms with Gasteiger partial charge in [0.1, 0.15) is 0 Å². The van der Waals surface area contributed by atoms with Crippen molar-refractivity contribution in [1.29, 1.82) is 0 Å². The third-order valence-electron chi connectivity index (χ3n) is 7.18. The molecule has 0 bridgehead atoms. The summed E-state index contributed by atoms with van der Waals surface area (Å²) in [5, 5.41) is 7.80. The predicted octanol–water partition coefficient (Wildman–Crippen LogP) is 7.50. The van der Waals surface area contributed by atoms with Crippen LogP contribution in [0.4, 0.5) is 43.9 Å². The number of pyridine rings is 2. The minimum atomic E-state index is -2.31. The number of hydrogen-bond donors (Lipinski definition) is 0. The summed E-state index contributed by atoms with van der Waals surface area (Å²) in [6.07, 6.45) is 5.06. The van der Waals surface area contributed by atoms with Crippen LogP contribution in [0.25, 0.3) is 34.2 Å². The maximum atomic E-state index is 14.3. The zero-order chi connectivity index (χ0) is 33.9. The molecule has 2 aromatic carbocycles. The van der Waals surface area contributed by atoms with Crippen molar-refractivity contribution in [2.45, 2.75) is 19.3 Å². The first-order chi connectivity index (χ1) is 22.2.